The van der Waals surface area contributed by atoms with Gasteiger partial charge in [-0.2, -0.15) is 0 Å². The van der Waals surface area contributed by atoms with Crippen molar-refractivity contribution in [2.45, 2.75) is 110 Å². The van der Waals surface area contributed by atoms with Gasteiger partial charge in [0.1, 0.15) is 6.29 Å². The molecule has 0 radical (unpaired) electrons. The Hall–Kier alpha value is -0.330. The average molecular weight is 283 g/mol. The van der Waals surface area contributed by atoms with Crippen molar-refractivity contribution in [2.75, 3.05) is 0 Å². The van der Waals surface area contributed by atoms with Gasteiger partial charge in [0.25, 0.3) is 0 Å². The molecule has 0 unspecified atom stereocenters. The van der Waals surface area contributed by atoms with Gasteiger partial charge in [0.2, 0.25) is 0 Å². The predicted octanol–water partition coefficient (Wildman–Crippen LogP) is 6.69. The van der Waals surface area contributed by atoms with Gasteiger partial charge in [-0.3, -0.25) is 0 Å². The van der Waals surface area contributed by atoms with Crippen molar-refractivity contribution in [2.24, 2.45) is 5.92 Å². The Kier molecular flexibility index (Phi) is 16.4. The second-order valence-corrected chi connectivity index (χ2v) is 6.50. The number of carbonyl (C=O) groups excluding carboxylic acids is 1. The normalized spacial score (nSPS) is 12.5. The van der Waals surface area contributed by atoms with E-state index in [1.807, 2.05) is 6.92 Å². The molecule has 0 aromatic rings. The van der Waals surface area contributed by atoms with Gasteiger partial charge in [-0.1, -0.05) is 104 Å². The van der Waals surface area contributed by atoms with Gasteiger partial charge in [0.05, 0.1) is 0 Å². The van der Waals surface area contributed by atoms with Crippen molar-refractivity contribution in [3.05, 3.63) is 0 Å². The van der Waals surface area contributed by atoms with Crippen LogP contribution in [0, 0.1) is 5.92 Å². The first-order valence-electron chi connectivity index (χ1n) is 9.26. The molecule has 0 amide bonds. The number of carbonyl (C=O) groups is 1. The molecule has 0 bridgehead atoms. The summed E-state index contributed by atoms with van der Waals surface area (Å²) in [5, 5.41) is 0. The third-order valence-electron chi connectivity index (χ3n) is 4.25. The molecule has 0 aromatic carbocycles. The van der Waals surface area contributed by atoms with E-state index in [-0.39, 0.29) is 5.92 Å². The lowest BCUT2D eigenvalue weighted by Gasteiger charge is -2.04. The quantitative estimate of drug-likeness (QED) is 0.227. The zero-order valence-corrected chi connectivity index (χ0v) is 14.2. The molecule has 1 nitrogen and oxygen atoms in total. The second kappa shape index (κ2) is 16.7. The first-order valence-corrected chi connectivity index (χ1v) is 9.26. The molecule has 120 valence electrons. The highest BCUT2D eigenvalue weighted by atomic mass is 16.1. The van der Waals surface area contributed by atoms with Gasteiger partial charge >= 0.3 is 0 Å². The van der Waals surface area contributed by atoms with Crippen LogP contribution in [0.25, 0.3) is 0 Å². The molecule has 0 aliphatic carbocycles. The number of unbranched alkanes of at least 4 members (excludes halogenated alkanes) is 13. The van der Waals surface area contributed by atoms with E-state index in [1.54, 1.807) is 0 Å². The summed E-state index contributed by atoms with van der Waals surface area (Å²) in [6.45, 7) is 4.30. The van der Waals surface area contributed by atoms with Crippen LogP contribution in [0.1, 0.15) is 110 Å². The lowest BCUT2D eigenvalue weighted by molar-refractivity contribution is -0.110. The summed E-state index contributed by atoms with van der Waals surface area (Å²) >= 11 is 0. The van der Waals surface area contributed by atoms with Crippen molar-refractivity contribution in [3.63, 3.8) is 0 Å². The molecule has 0 saturated heterocycles. The van der Waals surface area contributed by atoms with Crippen LogP contribution in [-0.2, 0) is 4.79 Å². The van der Waals surface area contributed by atoms with Gasteiger partial charge in [-0.15, -0.1) is 0 Å². The molecule has 0 rings (SSSR count). The van der Waals surface area contributed by atoms with Gasteiger partial charge < -0.3 is 4.79 Å². The fraction of sp³-hybridized carbons (Fsp3) is 0.947. The molecule has 1 atom stereocenters. The summed E-state index contributed by atoms with van der Waals surface area (Å²) in [5.41, 5.74) is 0. The fourth-order valence-electron chi connectivity index (χ4n) is 2.73. The second-order valence-electron chi connectivity index (χ2n) is 6.50. The SMILES string of the molecule is CCCCCCCCCCCCCCCC[C@@H](C)C=O. The predicted molar refractivity (Wildman–Crippen MR) is 90.2 cm³/mol. The zero-order chi connectivity index (χ0) is 14.9. The Balaban J connectivity index is 2.97. The molecule has 0 N–H and O–H groups in total. The molecule has 0 aliphatic rings. The van der Waals surface area contributed by atoms with Gasteiger partial charge in [-0.25, -0.2) is 0 Å². The van der Waals surface area contributed by atoms with E-state index in [1.165, 1.54) is 89.9 Å². The summed E-state index contributed by atoms with van der Waals surface area (Å²) < 4.78 is 0. The monoisotopic (exact) mass is 282 g/mol. The van der Waals surface area contributed by atoms with Crippen LogP contribution in [0.2, 0.25) is 0 Å². The maximum Gasteiger partial charge on any atom is 0.122 e. The Morgan fingerprint density at radius 3 is 1.35 bits per heavy atom. The molecule has 20 heavy (non-hydrogen) atoms. The van der Waals surface area contributed by atoms with E-state index in [2.05, 4.69) is 6.92 Å². The van der Waals surface area contributed by atoms with Crippen molar-refractivity contribution >= 4 is 6.29 Å². The third kappa shape index (κ3) is 15.7. The van der Waals surface area contributed by atoms with Crippen LogP contribution >= 0.6 is 0 Å². The maximum atomic E-state index is 10.5. The van der Waals surface area contributed by atoms with Crippen LogP contribution in [0.15, 0.2) is 0 Å². The van der Waals surface area contributed by atoms with Crippen molar-refractivity contribution in [1.82, 2.24) is 0 Å². The van der Waals surface area contributed by atoms with Gasteiger partial charge in [0.15, 0.2) is 0 Å². The number of aldehydes is 1. The molecular formula is C19H38O. The first kappa shape index (κ1) is 19.7. The Bertz CT molecular complexity index is 188. The van der Waals surface area contributed by atoms with Crippen molar-refractivity contribution in [1.29, 1.82) is 0 Å². The highest BCUT2D eigenvalue weighted by Crippen LogP contribution is 2.14. The smallest absolute Gasteiger partial charge is 0.122 e. The van der Waals surface area contributed by atoms with E-state index < -0.39 is 0 Å². The maximum absolute atomic E-state index is 10.5. The molecule has 0 aliphatic heterocycles. The van der Waals surface area contributed by atoms with Gasteiger partial charge in [0, 0.05) is 5.92 Å². The van der Waals surface area contributed by atoms with Crippen LogP contribution in [0.5, 0.6) is 0 Å². The highest BCUT2D eigenvalue weighted by molar-refractivity contribution is 5.52. The molecule has 0 aromatic heterocycles. The molecule has 0 heterocycles. The number of rotatable bonds is 16. The minimum Gasteiger partial charge on any atom is -0.303 e. The summed E-state index contributed by atoms with van der Waals surface area (Å²) in [7, 11) is 0. The highest BCUT2D eigenvalue weighted by Gasteiger charge is 1.98. The topological polar surface area (TPSA) is 17.1 Å². The fourth-order valence-corrected chi connectivity index (χ4v) is 2.73. The Labute approximate surface area is 127 Å². The third-order valence-corrected chi connectivity index (χ3v) is 4.25. The van der Waals surface area contributed by atoms with Crippen LogP contribution in [0.4, 0.5) is 0 Å². The van der Waals surface area contributed by atoms with Crippen molar-refractivity contribution in [3.8, 4) is 0 Å². The average Bonchev–Trinajstić information content (AvgIpc) is 2.47. The zero-order valence-electron chi connectivity index (χ0n) is 14.2. The molecule has 0 fully saturated rings. The van der Waals surface area contributed by atoms with Crippen molar-refractivity contribution < 1.29 is 4.79 Å². The Morgan fingerprint density at radius 2 is 1.00 bits per heavy atom. The van der Waals surface area contributed by atoms with Gasteiger partial charge in [-0.05, 0) is 6.42 Å². The lowest BCUT2D eigenvalue weighted by atomic mass is 10.0. The van der Waals surface area contributed by atoms with E-state index in [0.29, 0.717) is 0 Å². The minimum absolute atomic E-state index is 0.271. The first-order chi connectivity index (χ1) is 9.81. The summed E-state index contributed by atoms with van der Waals surface area (Å²) in [4.78, 5) is 10.5. The summed E-state index contributed by atoms with van der Waals surface area (Å²) in [6, 6.07) is 0. The lowest BCUT2D eigenvalue weighted by Crippen LogP contribution is -1.94. The number of hydrogen-bond acceptors (Lipinski definition) is 1. The molecule has 1 heteroatoms. The molecule has 0 saturated carbocycles. The van der Waals surface area contributed by atoms with Crippen LogP contribution < -0.4 is 0 Å². The summed E-state index contributed by atoms with van der Waals surface area (Å²) in [6.07, 6.45) is 21.8. The summed E-state index contributed by atoms with van der Waals surface area (Å²) in [5.74, 6) is 0.271. The molecule has 0 spiro atoms. The standard InChI is InChI=1S/C19H38O/c1-3-4-5-6-7-8-9-10-11-12-13-14-15-16-17-19(2)18-20/h18-19H,3-17H2,1-2H3/t19-/m1/s1. The largest absolute Gasteiger partial charge is 0.303 e. The number of hydrogen-bond donors (Lipinski definition) is 0. The molecular weight excluding hydrogens is 244 g/mol. The van der Waals surface area contributed by atoms with E-state index >= 15 is 0 Å². The van der Waals surface area contributed by atoms with E-state index in [9.17, 15) is 4.79 Å². The van der Waals surface area contributed by atoms with Crippen LogP contribution in [-0.4, -0.2) is 6.29 Å². The van der Waals surface area contributed by atoms with Crippen LogP contribution in [0.3, 0.4) is 0 Å². The minimum atomic E-state index is 0.271. The Morgan fingerprint density at radius 1 is 0.650 bits per heavy atom. The van der Waals surface area contributed by atoms with E-state index in [4.69, 9.17) is 0 Å². The van der Waals surface area contributed by atoms with E-state index in [0.717, 1.165) is 12.7 Å².